The second-order valence-corrected chi connectivity index (χ2v) is 10.6. The van der Waals surface area contributed by atoms with E-state index in [4.69, 9.17) is 21.9 Å². The third-order valence-corrected chi connectivity index (χ3v) is 8.67. The molecule has 0 bridgehead atoms. The zero-order valence-electron chi connectivity index (χ0n) is 16.3. The maximum absolute atomic E-state index is 12.4. The third-order valence-electron chi connectivity index (χ3n) is 5.22. The van der Waals surface area contributed by atoms with Gasteiger partial charge < -0.3 is 10.3 Å². The van der Waals surface area contributed by atoms with E-state index < -0.39 is 16.5 Å². The average molecular weight is 463 g/mol. The molecular formula is C19H19ClN6O2S2. The van der Waals surface area contributed by atoms with E-state index in [1.165, 1.54) is 15.6 Å². The van der Waals surface area contributed by atoms with Gasteiger partial charge in [0.15, 0.2) is 5.82 Å². The Kier molecular flexibility index (Phi) is 4.68. The highest BCUT2D eigenvalue weighted by molar-refractivity contribution is 7.83. The molecule has 1 unspecified atom stereocenters. The van der Waals surface area contributed by atoms with Gasteiger partial charge in [-0.2, -0.15) is 4.98 Å². The van der Waals surface area contributed by atoms with Gasteiger partial charge in [0.25, 0.3) is 5.89 Å². The maximum Gasteiger partial charge on any atom is 0.276 e. The lowest BCUT2D eigenvalue weighted by molar-refractivity contribution is 0.421. The van der Waals surface area contributed by atoms with Crippen LogP contribution in [0.3, 0.4) is 0 Å². The van der Waals surface area contributed by atoms with Crippen LogP contribution in [0.5, 0.6) is 0 Å². The van der Waals surface area contributed by atoms with Crippen molar-refractivity contribution >= 4 is 39.9 Å². The van der Waals surface area contributed by atoms with E-state index in [1.54, 1.807) is 13.2 Å². The van der Waals surface area contributed by atoms with Crippen LogP contribution in [-0.4, -0.2) is 42.4 Å². The number of rotatable bonds is 4. The molecule has 2 atom stereocenters. The number of pyridine rings is 1. The van der Waals surface area contributed by atoms with Crippen molar-refractivity contribution in [1.29, 1.82) is 0 Å². The van der Waals surface area contributed by atoms with Crippen molar-refractivity contribution in [3.8, 4) is 22.0 Å². The molecule has 3 aromatic heterocycles. The lowest BCUT2D eigenvalue weighted by Crippen LogP contribution is -2.47. The molecule has 3 aromatic rings. The number of nitrogens with zero attached hydrogens (tertiary/aromatic N) is 5. The van der Waals surface area contributed by atoms with Crippen LogP contribution < -0.4 is 5.73 Å². The number of hydrogen-bond donors (Lipinski definition) is 1. The number of guanidine groups is 1. The van der Waals surface area contributed by atoms with Gasteiger partial charge >= 0.3 is 0 Å². The standard InChI is InChI=1S/C19H19ClN6O2S2/c1-19(9-30(27)26(2)18(21)24-19)15-12(20)8-14(29-15)11-5-6-22-13(7-11)17-23-16(25-28-17)10-3-4-10/h5-8,10H,3-4,9H2,1-2H3,(H2,21,24)/t19-,30?/m0/s1. The summed E-state index contributed by atoms with van der Waals surface area (Å²) in [7, 11) is 0.402. The molecule has 0 saturated heterocycles. The minimum atomic E-state index is -1.27. The van der Waals surface area contributed by atoms with Crippen molar-refractivity contribution in [2.24, 2.45) is 10.7 Å². The van der Waals surface area contributed by atoms with Gasteiger partial charge in [0.05, 0.1) is 15.7 Å². The number of halogens is 1. The molecule has 30 heavy (non-hydrogen) atoms. The van der Waals surface area contributed by atoms with E-state index in [-0.39, 0.29) is 5.96 Å². The Morgan fingerprint density at radius 3 is 2.93 bits per heavy atom. The van der Waals surface area contributed by atoms with Crippen LogP contribution in [0, 0.1) is 0 Å². The number of nitrogens with two attached hydrogens (primary N) is 1. The summed E-state index contributed by atoms with van der Waals surface area (Å²) < 4.78 is 19.3. The molecule has 0 aromatic carbocycles. The van der Waals surface area contributed by atoms with E-state index in [0.29, 0.717) is 28.3 Å². The normalized spacial score (nSPS) is 24.2. The molecule has 2 N–H and O–H groups in total. The molecule has 11 heteroatoms. The summed E-state index contributed by atoms with van der Waals surface area (Å²) in [5, 5.41) is 4.63. The Morgan fingerprint density at radius 1 is 1.40 bits per heavy atom. The number of thiophene rings is 1. The van der Waals surface area contributed by atoms with E-state index in [0.717, 1.165) is 34.0 Å². The van der Waals surface area contributed by atoms with Crippen molar-refractivity contribution in [3.63, 3.8) is 0 Å². The Bertz CT molecular complexity index is 1190. The van der Waals surface area contributed by atoms with Gasteiger partial charge in [-0.1, -0.05) is 16.8 Å². The molecule has 156 valence electrons. The predicted octanol–water partition coefficient (Wildman–Crippen LogP) is 3.53. The Morgan fingerprint density at radius 2 is 2.20 bits per heavy atom. The Balaban J connectivity index is 1.49. The zero-order chi connectivity index (χ0) is 21.0. The first-order chi connectivity index (χ1) is 14.3. The summed E-state index contributed by atoms with van der Waals surface area (Å²) in [6, 6.07) is 5.70. The first-order valence-corrected chi connectivity index (χ1v) is 11.9. The van der Waals surface area contributed by atoms with Gasteiger partial charge in [-0.05, 0) is 43.5 Å². The fourth-order valence-electron chi connectivity index (χ4n) is 3.34. The molecule has 8 nitrogen and oxygen atoms in total. The van der Waals surface area contributed by atoms with E-state index in [9.17, 15) is 4.21 Å². The quantitative estimate of drug-likeness (QED) is 0.634. The van der Waals surface area contributed by atoms with Crippen LogP contribution in [0.1, 0.15) is 36.4 Å². The predicted molar refractivity (Wildman–Crippen MR) is 118 cm³/mol. The highest BCUT2D eigenvalue weighted by Gasteiger charge is 2.38. The van der Waals surface area contributed by atoms with Crippen LogP contribution in [-0.2, 0) is 16.5 Å². The summed E-state index contributed by atoms with van der Waals surface area (Å²) in [6.07, 6.45) is 3.92. The Labute approximate surface area is 184 Å². The molecule has 5 rings (SSSR count). The monoisotopic (exact) mass is 462 g/mol. The Hall–Kier alpha value is -2.30. The minimum Gasteiger partial charge on any atom is -0.369 e. The van der Waals surface area contributed by atoms with Crippen LogP contribution in [0.4, 0.5) is 0 Å². The summed E-state index contributed by atoms with van der Waals surface area (Å²) in [4.78, 5) is 15.2. The second-order valence-electron chi connectivity index (χ2n) is 7.66. The lowest BCUT2D eigenvalue weighted by atomic mass is 10.0. The second kappa shape index (κ2) is 7.14. The molecule has 1 aliphatic heterocycles. The van der Waals surface area contributed by atoms with E-state index in [1.807, 2.05) is 25.1 Å². The molecule has 4 heterocycles. The number of aliphatic imine (C=N–C) groups is 1. The lowest BCUT2D eigenvalue weighted by Gasteiger charge is -2.33. The van der Waals surface area contributed by atoms with Crippen LogP contribution in [0.15, 0.2) is 33.9 Å². The highest BCUT2D eigenvalue weighted by atomic mass is 35.5. The highest BCUT2D eigenvalue weighted by Crippen LogP contribution is 2.44. The first kappa shape index (κ1) is 19.7. The first-order valence-electron chi connectivity index (χ1n) is 9.42. The SMILES string of the molecule is CN1C(N)=N[C@](C)(c2sc(-c3ccnc(-c4nc(C5CC5)no4)c3)cc2Cl)CS1=O. The van der Waals surface area contributed by atoms with Crippen molar-refractivity contribution in [3.05, 3.63) is 40.1 Å². The number of hydrogen-bond acceptors (Lipinski definition) is 8. The minimum absolute atomic E-state index is 0.238. The summed E-state index contributed by atoms with van der Waals surface area (Å²) in [6.45, 7) is 1.90. The fraction of sp³-hybridized carbons (Fsp3) is 0.368. The van der Waals surface area contributed by atoms with Gasteiger partial charge in [-0.25, -0.2) is 9.20 Å². The van der Waals surface area contributed by atoms with Gasteiger partial charge in [-0.3, -0.25) is 9.29 Å². The third kappa shape index (κ3) is 3.42. The van der Waals surface area contributed by atoms with Crippen LogP contribution in [0.2, 0.25) is 5.02 Å². The summed E-state index contributed by atoms with van der Waals surface area (Å²) >= 11 is 8.09. The smallest absolute Gasteiger partial charge is 0.276 e. The molecule has 0 spiro atoms. The molecule has 2 aliphatic rings. The topological polar surface area (TPSA) is 110 Å². The van der Waals surface area contributed by atoms with Crippen molar-refractivity contribution in [2.75, 3.05) is 12.8 Å². The zero-order valence-corrected chi connectivity index (χ0v) is 18.7. The number of aromatic nitrogens is 3. The molecule has 1 aliphatic carbocycles. The van der Waals surface area contributed by atoms with Gasteiger partial charge in [-0.15, -0.1) is 11.3 Å². The van der Waals surface area contributed by atoms with Crippen molar-refractivity contribution in [2.45, 2.75) is 31.2 Å². The van der Waals surface area contributed by atoms with Gasteiger partial charge in [0.1, 0.15) is 22.2 Å². The van der Waals surface area contributed by atoms with Crippen LogP contribution in [0.25, 0.3) is 22.0 Å². The maximum atomic E-state index is 12.4. The van der Waals surface area contributed by atoms with Gasteiger partial charge in [0, 0.05) is 24.0 Å². The van der Waals surface area contributed by atoms with Crippen molar-refractivity contribution < 1.29 is 8.73 Å². The fourth-order valence-corrected chi connectivity index (χ4v) is 6.19. The largest absolute Gasteiger partial charge is 0.369 e. The summed E-state index contributed by atoms with van der Waals surface area (Å²) in [5.41, 5.74) is 6.77. The van der Waals surface area contributed by atoms with Crippen LogP contribution >= 0.6 is 22.9 Å². The molecule has 0 radical (unpaired) electrons. The van der Waals surface area contributed by atoms with E-state index >= 15 is 0 Å². The molecule has 1 fully saturated rings. The summed E-state index contributed by atoms with van der Waals surface area (Å²) in [5.74, 6) is 2.13. The van der Waals surface area contributed by atoms with Gasteiger partial charge in [0.2, 0.25) is 5.96 Å². The average Bonchev–Trinajstić information content (AvgIpc) is 3.30. The molecule has 1 saturated carbocycles. The van der Waals surface area contributed by atoms with Crippen molar-refractivity contribution in [1.82, 2.24) is 19.4 Å². The molecule has 0 amide bonds. The van der Waals surface area contributed by atoms with E-state index in [2.05, 4.69) is 20.1 Å². The molecular weight excluding hydrogens is 444 g/mol.